The summed E-state index contributed by atoms with van der Waals surface area (Å²) in [7, 11) is -2.80. The average molecular weight is 281 g/mol. The van der Waals surface area contributed by atoms with E-state index in [1.165, 1.54) is 11.1 Å². The third kappa shape index (κ3) is 3.09. The number of rotatable bonds is 3. The predicted octanol–water partition coefficient (Wildman–Crippen LogP) is 1.15. The van der Waals surface area contributed by atoms with Gasteiger partial charge in [0.1, 0.15) is 5.75 Å². The molecule has 0 aliphatic carbocycles. The van der Waals surface area contributed by atoms with Gasteiger partial charge in [0, 0.05) is 12.5 Å². The third-order valence-electron chi connectivity index (χ3n) is 3.88. The smallest absolute Gasteiger partial charge is 0.150 e. The van der Waals surface area contributed by atoms with Gasteiger partial charge in [-0.1, -0.05) is 6.07 Å². The normalized spacial score (nSPS) is 24.9. The fourth-order valence-corrected chi connectivity index (χ4v) is 4.60. The van der Waals surface area contributed by atoms with Crippen LogP contribution in [-0.2, 0) is 22.8 Å². The first-order valence-corrected chi connectivity index (χ1v) is 8.60. The summed E-state index contributed by atoms with van der Waals surface area (Å²) >= 11 is 0. The Bertz CT molecular complexity index is 568. The molecule has 2 aliphatic heterocycles. The molecule has 1 N–H and O–H groups in total. The molecule has 1 fully saturated rings. The van der Waals surface area contributed by atoms with E-state index >= 15 is 0 Å². The van der Waals surface area contributed by atoms with Gasteiger partial charge >= 0.3 is 0 Å². The molecule has 0 bridgehead atoms. The zero-order valence-corrected chi connectivity index (χ0v) is 11.7. The summed E-state index contributed by atoms with van der Waals surface area (Å²) in [4.78, 5) is 0. The minimum absolute atomic E-state index is 0.155. The van der Waals surface area contributed by atoms with E-state index in [1.54, 1.807) is 0 Å². The van der Waals surface area contributed by atoms with Crippen molar-refractivity contribution in [2.45, 2.75) is 19.4 Å². The Morgan fingerprint density at radius 2 is 2.21 bits per heavy atom. The first-order valence-electron chi connectivity index (χ1n) is 6.78. The second-order valence-electron chi connectivity index (χ2n) is 5.44. The van der Waals surface area contributed by atoms with Crippen molar-refractivity contribution in [3.05, 3.63) is 29.3 Å². The Labute approximate surface area is 114 Å². The second kappa shape index (κ2) is 5.13. The minimum atomic E-state index is -2.80. The maximum Gasteiger partial charge on any atom is 0.150 e. The summed E-state index contributed by atoms with van der Waals surface area (Å²) in [5.41, 5.74) is 2.68. The van der Waals surface area contributed by atoms with E-state index in [0.29, 0.717) is 12.4 Å². The average Bonchev–Trinajstić information content (AvgIpc) is 2.76. The van der Waals surface area contributed by atoms with Gasteiger partial charge in [-0.2, -0.15) is 0 Å². The highest BCUT2D eigenvalue weighted by atomic mass is 32.2. The summed E-state index contributed by atoms with van der Waals surface area (Å²) in [5, 5.41) is 3.34. The van der Waals surface area contributed by atoms with Gasteiger partial charge < -0.3 is 10.1 Å². The Morgan fingerprint density at radius 1 is 1.32 bits per heavy atom. The quantitative estimate of drug-likeness (QED) is 0.903. The van der Waals surface area contributed by atoms with Crippen LogP contribution >= 0.6 is 0 Å². The number of hydrogen-bond acceptors (Lipinski definition) is 4. The lowest BCUT2D eigenvalue weighted by atomic mass is 10.0. The molecule has 0 aromatic heterocycles. The van der Waals surface area contributed by atoms with Crippen LogP contribution in [0.5, 0.6) is 5.75 Å². The fraction of sp³-hybridized carbons (Fsp3) is 0.571. The number of fused-ring (bicyclic) bond motifs is 1. The number of sulfone groups is 1. The van der Waals surface area contributed by atoms with E-state index in [0.717, 1.165) is 31.7 Å². The summed E-state index contributed by atoms with van der Waals surface area (Å²) in [6, 6.07) is 6.18. The summed E-state index contributed by atoms with van der Waals surface area (Å²) in [6.07, 6.45) is 1.77. The molecule has 2 aliphatic rings. The molecule has 0 amide bonds. The van der Waals surface area contributed by atoms with Crippen molar-refractivity contribution in [2.75, 3.05) is 24.7 Å². The standard InChI is InChI=1S/C14H19NO3S/c16-19(17)6-4-11(10-19)9-18-14-2-1-13-8-15-5-3-12(13)7-14/h1-2,7,11,15H,3-6,8-10H2. The van der Waals surface area contributed by atoms with Crippen molar-refractivity contribution >= 4 is 9.84 Å². The van der Waals surface area contributed by atoms with E-state index < -0.39 is 9.84 Å². The van der Waals surface area contributed by atoms with Gasteiger partial charge in [0.2, 0.25) is 0 Å². The molecular weight excluding hydrogens is 262 g/mol. The van der Waals surface area contributed by atoms with Crippen molar-refractivity contribution < 1.29 is 13.2 Å². The predicted molar refractivity (Wildman–Crippen MR) is 74.1 cm³/mol. The molecular formula is C14H19NO3S. The topological polar surface area (TPSA) is 55.4 Å². The summed E-state index contributed by atoms with van der Waals surface area (Å²) < 4.78 is 28.5. The van der Waals surface area contributed by atoms with Gasteiger partial charge in [-0.3, -0.25) is 0 Å². The maximum atomic E-state index is 11.4. The minimum Gasteiger partial charge on any atom is -0.493 e. The number of ether oxygens (including phenoxy) is 1. The lowest BCUT2D eigenvalue weighted by Gasteiger charge is -2.18. The van der Waals surface area contributed by atoms with Gasteiger partial charge in [0.25, 0.3) is 0 Å². The molecule has 104 valence electrons. The van der Waals surface area contributed by atoms with Crippen LogP contribution in [0.1, 0.15) is 17.5 Å². The molecule has 1 unspecified atom stereocenters. The maximum absolute atomic E-state index is 11.4. The molecule has 5 heteroatoms. The SMILES string of the molecule is O=S1(=O)CCC(COc2ccc3c(c2)CCNC3)C1. The molecule has 3 rings (SSSR count). The number of benzene rings is 1. The summed E-state index contributed by atoms with van der Waals surface area (Å²) in [6.45, 7) is 2.45. The number of nitrogens with one attached hydrogen (secondary N) is 1. The highest BCUT2D eigenvalue weighted by Gasteiger charge is 2.28. The van der Waals surface area contributed by atoms with Crippen LogP contribution in [0, 0.1) is 5.92 Å². The Hall–Kier alpha value is -1.07. The van der Waals surface area contributed by atoms with Crippen molar-refractivity contribution in [1.29, 1.82) is 0 Å². The molecule has 1 saturated heterocycles. The zero-order chi connectivity index (χ0) is 13.3. The van der Waals surface area contributed by atoms with Gasteiger partial charge in [0.15, 0.2) is 9.84 Å². The lowest BCUT2D eigenvalue weighted by molar-refractivity contribution is 0.263. The Morgan fingerprint density at radius 3 is 3.00 bits per heavy atom. The van der Waals surface area contributed by atoms with Crippen molar-refractivity contribution in [3.8, 4) is 5.75 Å². The van der Waals surface area contributed by atoms with Crippen molar-refractivity contribution in [3.63, 3.8) is 0 Å². The van der Waals surface area contributed by atoms with Gasteiger partial charge in [0.05, 0.1) is 18.1 Å². The van der Waals surface area contributed by atoms with Crippen LogP contribution in [0.3, 0.4) is 0 Å². The lowest BCUT2D eigenvalue weighted by Crippen LogP contribution is -2.23. The molecule has 0 radical (unpaired) electrons. The highest BCUT2D eigenvalue weighted by Crippen LogP contribution is 2.23. The third-order valence-corrected chi connectivity index (χ3v) is 5.71. The van der Waals surface area contributed by atoms with E-state index in [2.05, 4.69) is 17.4 Å². The van der Waals surface area contributed by atoms with Crippen LogP contribution in [0.2, 0.25) is 0 Å². The Balaban J connectivity index is 1.61. The Kier molecular flexibility index (Phi) is 3.50. The van der Waals surface area contributed by atoms with E-state index in [-0.39, 0.29) is 11.7 Å². The van der Waals surface area contributed by atoms with Crippen molar-refractivity contribution in [1.82, 2.24) is 5.32 Å². The number of hydrogen-bond donors (Lipinski definition) is 1. The van der Waals surface area contributed by atoms with Crippen LogP contribution in [-0.4, -0.2) is 33.1 Å². The highest BCUT2D eigenvalue weighted by molar-refractivity contribution is 7.91. The fourth-order valence-electron chi connectivity index (χ4n) is 2.76. The van der Waals surface area contributed by atoms with Gasteiger partial charge in [-0.15, -0.1) is 0 Å². The van der Waals surface area contributed by atoms with Gasteiger partial charge in [-0.25, -0.2) is 8.42 Å². The second-order valence-corrected chi connectivity index (χ2v) is 7.67. The molecule has 1 aromatic carbocycles. The molecule has 0 spiro atoms. The molecule has 1 aromatic rings. The monoisotopic (exact) mass is 281 g/mol. The van der Waals surface area contributed by atoms with Gasteiger partial charge in [-0.05, 0) is 42.6 Å². The molecule has 4 nitrogen and oxygen atoms in total. The largest absolute Gasteiger partial charge is 0.493 e. The van der Waals surface area contributed by atoms with E-state index in [9.17, 15) is 8.42 Å². The molecule has 0 saturated carbocycles. The van der Waals surface area contributed by atoms with E-state index in [4.69, 9.17) is 4.74 Å². The zero-order valence-electron chi connectivity index (χ0n) is 10.9. The summed E-state index contributed by atoms with van der Waals surface area (Å²) in [5.74, 6) is 1.62. The van der Waals surface area contributed by atoms with Crippen LogP contribution in [0.4, 0.5) is 0 Å². The van der Waals surface area contributed by atoms with E-state index in [1.807, 2.05) is 6.07 Å². The van der Waals surface area contributed by atoms with Crippen molar-refractivity contribution in [2.24, 2.45) is 5.92 Å². The molecule has 2 heterocycles. The van der Waals surface area contributed by atoms with Crippen LogP contribution < -0.4 is 10.1 Å². The first-order chi connectivity index (χ1) is 9.12. The molecule has 1 atom stereocenters. The van der Waals surface area contributed by atoms with Crippen LogP contribution in [0.25, 0.3) is 0 Å². The first kappa shape index (κ1) is 12.9. The molecule has 19 heavy (non-hydrogen) atoms. The van der Waals surface area contributed by atoms with Crippen LogP contribution in [0.15, 0.2) is 18.2 Å².